The maximum Gasteiger partial charge on any atom is 0.113 e. The van der Waals surface area contributed by atoms with Gasteiger partial charge in [0.1, 0.15) is 5.69 Å². The fraction of sp³-hybridized carbons (Fsp3) is 0.333. The number of aromatic nitrogens is 3. The van der Waals surface area contributed by atoms with E-state index in [4.69, 9.17) is 0 Å². The summed E-state index contributed by atoms with van der Waals surface area (Å²) in [6.07, 6.45) is 7.75. The van der Waals surface area contributed by atoms with Crippen LogP contribution in [0.5, 0.6) is 0 Å². The third-order valence-corrected chi connectivity index (χ3v) is 5.31. The molecule has 1 aliphatic heterocycles. The largest absolute Gasteiger partial charge is 0.411 e. The number of hydrogen-bond donors (Lipinski definition) is 2. The normalized spacial score (nSPS) is 15.3. The minimum absolute atomic E-state index is 0.431. The lowest BCUT2D eigenvalue weighted by atomic mass is 9.88. The first-order valence-electron chi connectivity index (χ1n) is 9.15. The van der Waals surface area contributed by atoms with Gasteiger partial charge in [-0.25, -0.2) is 0 Å². The lowest BCUT2D eigenvalue weighted by Crippen LogP contribution is -2.26. The molecule has 0 spiro atoms. The van der Waals surface area contributed by atoms with Crippen molar-refractivity contribution in [3.63, 3.8) is 0 Å². The van der Waals surface area contributed by atoms with Crippen LogP contribution in [0.25, 0.3) is 22.4 Å². The number of aryl methyl sites for hydroxylation is 2. The predicted molar refractivity (Wildman–Crippen MR) is 102 cm³/mol. The third kappa shape index (κ3) is 2.99. The zero-order chi connectivity index (χ0) is 18.1. The van der Waals surface area contributed by atoms with Crippen molar-refractivity contribution >= 4 is 0 Å². The molecular formula is C21H24N4O. The van der Waals surface area contributed by atoms with Crippen molar-refractivity contribution in [1.82, 2.24) is 20.2 Å². The van der Waals surface area contributed by atoms with Gasteiger partial charge in [0.25, 0.3) is 0 Å². The number of piperidine rings is 1. The molecule has 3 heterocycles. The zero-order valence-corrected chi connectivity index (χ0v) is 15.2. The molecule has 2 N–H and O–H groups in total. The van der Waals surface area contributed by atoms with Gasteiger partial charge in [0.15, 0.2) is 0 Å². The lowest BCUT2D eigenvalue weighted by Gasteiger charge is -2.23. The first-order valence-corrected chi connectivity index (χ1v) is 9.15. The molecular weight excluding hydrogens is 324 g/mol. The van der Waals surface area contributed by atoms with Gasteiger partial charge in [0.05, 0.1) is 6.20 Å². The molecule has 0 aliphatic carbocycles. The van der Waals surface area contributed by atoms with Crippen LogP contribution in [0.4, 0.5) is 0 Å². The van der Waals surface area contributed by atoms with Crippen LogP contribution in [0.15, 0.2) is 42.9 Å². The highest BCUT2D eigenvalue weighted by molar-refractivity contribution is 5.76. The van der Waals surface area contributed by atoms with Crippen molar-refractivity contribution in [2.75, 3.05) is 13.1 Å². The molecule has 134 valence electrons. The van der Waals surface area contributed by atoms with Crippen LogP contribution in [-0.2, 0) is 0 Å². The van der Waals surface area contributed by atoms with Gasteiger partial charge >= 0.3 is 0 Å². The van der Waals surface area contributed by atoms with Gasteiger partial charge in [-0.15, -0.1) is 9.94 Å². The maximum absolute atomic E-state index is 10.4. The average Bonchev–Trinajstić information content (AvgIpc) is 3.04. The summed E-state index contributed by atoms with van der Waals surface area (Å²) in [6.45, 7) is 6.18. The van der Waals surface area contributed by atoms with Crippen LogP contribution < -0.4 is 5.32 Å². The topological polar surface area (TPSA) is 63.0 Å². The Labute approximate surface area is 153 Å². The second kappa shape index (κ2) is 6.92. The molecule has 1 aliphatic rings. The molecule has 0 amide bonds. The molecule has 4 rings (SSSR count). The number of benzene rings is 1. The second-order valence-corrected chi connectivity index (χ2v) is 7.09. The summed E-state index contributed by atoms with van der Waals surface area (Å²) >= 11 is 0. The predicted octanol–water partition coefficient (Wildman–Crippen LogP) is 3.93. The Bertz CT molecular complexity index is 905. The quantitative estimate of drug-likeness (QED) is 0.704. The Balaban J connectivity index is 1.80. The number of nitrogens with one attached hydrogen (secondary N) is 1. The van der Waals surface area contributed by atoms with E-state index in [2.05, 4.69) is 41.4 Å². The minimum atomic E-state index is 0.431. The van der Waals surface area contributed by atoms with Crippen molar-refractivity contribution in [1.29, 1.82) is 0 Å². The molecule has 5 nitrogen and oxygen atoms in total. The van der Waals surface area contributed by atoms with E-state index in [1.54, 1.807) is 0 Å². The fourth-order valence-corrected chi connectivity index (χ4v) is 4.04. The van der Waals surface area contributed by atoms with Crippen molar-refractivity contribution in [3.8, 4) is 22.4 Å². The summed E-state index contributed by atoms with van der Waals surface area (Å²) in [5.41, 5.74) is 7.58. The Morgan fingerprint density at radius 3 is 2.46 bits per heavy atom. The Hall–Kier alpha value is -2.66. The lowest BCUT2D eigenvalue weighted by molar-refractivity contribution is 0.153. The smallest absolute Gasteiger partial charge is 0.113 e. The molecule has 3 aromatic rings. The molecule has 5 heteroatoms. The first kappa shape index (κ1) is 16.8. The van der Waals surface area contributed by atoms with Gasteiger partial charge in [-0.2, -0.15) is 0 Å². The molecule has 1 aromatic carbocycles. The summed E-state index contributed by atoms with van der Waals surface area (Å²) in [5.74, 6) is 0.431. The minimum Gasteiger partial charge on any atom is -0.411 e. The fourth-order valence-electron chi connectivity index (χ4n) is 4.04. The van der Waals surface area contributed by atoms with E-state index in [0.29, 0.717) is 5.92 Å². The molecule has 26 heavy (non-hydrogen) atoms. The van der Waals surface area contributed by atoms with E-state index in [-0.39, 0.29) is 0 Å². The number of nitrogens with zero attached hydrogens (tertiary/aromatic N) is 3. The first-order chi connectivity index (χ1) is 12.6. The van der Waals surface area contributed by atoms with Gasteiger partial charge in [-0.1, -0.05) is 18.2 Å². The van der Waals surface area contributed by atoms with E-state index in [9.17, 15) is 5.21 Å². The molecule has 1 fully saturated rings. The van der Waals surface area contributed by atoms with Crippen LogP contribution in [0.1, 0.15) is 35.4 Å². The molecule has 0 radical (unpaired) electrons. The van der Waals surface area contributed by atoms with Gasteiger partial charge < -0.3 is 10.5 Å². The highest BCUT2D eigenvalue weighted by Gasteiger charge is 2.23. The Morgan fingerprint density at radius 1 is 1.04 bits per heavy atom. The monoisotopic (exact) mass is 348 g/mol. The van der Waals surface area contributed by atoms with E-state index < -0.39 is 0 Å². The summed E-state index contributed by atoms with van der Waals surface area (Å²) in [7, 11) is 0. The van der Waals surface area contributed by atoms with Gasteiger partial charge in [0, 0.05) is 23.5 Å². The maximum atomic E-state index is 10.4. The number of rotatable bonds is 3. The summed E-state index contributed by atoms with van der Waals surface area (Å²) < 4.78 is 0. The average molecular weight is 348 g/mol. The Morgan fingerprint density at radius 2 is 1.73 bits per heavy atom. The number of hydrogen-bond acceptors (Lipinski definition) is 4. The van der Waals surface area contributed by atoms with Gasteiger partial charge in [-0.3, -0.25) is 4.98 Å². The number of pyridine rings is 1. The molecule has 0 bridgehead atoms. The zero-order valence-electron chi connectivity index (χ0n) is 15.2. The van der Waals surface area contributed by atoms with Crippen LogP contribution in [0.2, 0.25) is 0 Å². The van der Waals surface area contributed by atoms with Gasteiger partial charge in [-0.05, 0) is 74.0 Å². The van der Waals surface area contributed by atoms with Crippen molar-refractivity contribution < 1.29 is 5.21 Å². The molecule has 1 saturated heterocycles. The Kier molecular flexibility index (Phi) is 4.47. The van der Waals surface area contributed by atoms with Gasteiger partial charge in [0.2, 0.25) is 0 Å². The molecule has 0 saturated carbocycles. The van der Waals surface area contributed by atoms with Crippen LogP contribution in [0.3, 0.4) is 0 Å². The van der Waals surface area contributed by atoms with E-state index in [0.717, 1.165) is 64.3 Å². The van der Waals surface area contributed by atoms with Crippen LogP contribution in [0, 0.1) is 13.8 Å². The SMILES string of the molecule is Cc1cncc(C)c1-c1cccc(-c2c(C3CCNCC3)cnn2O)c1. The van der Waals surface area contributed by atoms with E-state index in [1.165, 1.54) is 5.56 Å². The highest BCUT2D eigenvalue weighted by atomic mass is 16.5. The molecule has 0 atom stereocenters. The van der Waals surface area contributed by atoms with Crippen molar-refractivity contribution in [2.45, 2.75) is 32.6 Å². The summed E-state index contributed by atoms with van der Waals surface area (Å²) in [5, 5.41) is 17.9. The van der Waals surface area contributed by atoms with Crippen LogP contribution >= 0.6 is 0 Å². The second-order valence-electron chi connectivity index (χ2n) is 7.09. The van der Waals surface area contributed by atoms with E-state index >= 15 is 0 Å². The highest BCUT2D eigenvalue weighted by Crippen LogP contribution is 2.36. The van der Waals surface area contributed by atoms with Crippen molar-refractivity contribution in [3.05, 3.63) is 59.5 Å². The standard InChI is InChI=1S/C21H24N4O/c1-14-11-23-12-15(2)20(14)17-4-3-5-18(10-17)21-19(13-24-25(21)26)16-6-8-22-9-7-16/h3-5,10-13,16,22,26H,6-9H2,1-2H3. The molecule has 2 aromatic heterocycles. The summed E-state index contributed by atoms with van der Waals surface area (Å²) in [4.78, 5) is 5.30. The molecule has 0 unspecified atom stereocenters. The summed E-state index contributed by atoms with van der Waals surface area (Å²) in [6, 6.07) is 8.34. The van der Waals surface area contributed by atoms with Crippen molar-refractivity contribution in [2.24, 2.45) is 0 Å². The third-order valence-electron chi connectivity index (χ3n) is 5.31. The van der Waals surface area contributed by atoms with E-state index in [1.807, 2.05) is 30.7 Å². The van der Waals surface area contributed by atoms with Crippen LogP contribution in [-0.4, -0.2) is 33.2 Å².